The lowest BCUT2D eigenvalue weighted by Gasteiger charge is -2.31. The normalized spacial score (nSPS) is 11.9. The van der Waals surface area contributed by atoms with Crippen molar-refractivity contribution >= 4 is 35.2 Å². The summed E-state index contributed by atoms with van der Waals surface area (Å²) in [6.07, 6.45) is 0.539. The fourth-order valence-corrected chi connectivity index (χ4v) is 4.30. The van der Waals surface area contributed by atoms with E-state index < -0.39 is 6.04 Å². The lowest BCUT2D eigenvalue weighted by atomic mass is 10.1. The van der Waals surface area contributed by atoms with Crippen LogP contribution >= 0.6 is 23.4 Å². The van der Waals surface area contributed by atoms with Crippen molar-refractivity contribution in [3.05, 3.63) is 70.2 Å². The van der Waals surface area contributed by atoms with Crippen LogP contribution in [0.5, 0.6) is 0 Å². The van der Waals surface area contributed by atoms with E-state index in [1.165, 1.54) is 11.1 Å². The zero-order valence-electron chi connectivity index (χ0n) is 18.2. The van der Waals surface area contributed by atoms with Crippen LogP contribution in [0.2, 0.25) is 5.02 Å². The van der Waals surface area contributed by atoms with Gasteiger partial charge in [0.15, 0.2) is 0 Å². The Kier molecular flexibility index (Phi) is 9.73. The lowest BCUT2D eigenvalue weighted by molar-refractivity contribution is -0.139. The first-order valence-electron chi connectivity index (χ1n) is 10.3. The minimum atomic E-state index is -0.532. The van der Waals surface area contributed by atoms with E-state index in [1.807, 2.05) is 45.0 Å². The molecule has 1 N–H and O–H groups in total. The number of aryl methyl sites for hydroxylation is 1. The number of carbonyl (C=O) groups excluding carboxylic acids is 2. The molecule has 0 fully saturated rings. The van der Waals surface area contributed by atoms with Crippen LogP contribution in [0.25, 0.3) is 0 Å². The molecule has 4 nitrogen and oxygen atoms in total. The second kappa shape index (κ2) is 12.0. The summed E-state index contributed by atoms with van der Waals surface area (Å²) < 4.78 is 0. The Morgan fingerprint density at radius 1 is 1.13 bits per heavy atom. The number of nitrogens with zero attached hydrogens (tertiary/aromatic N) is 1. The van der Waals surface area contributed by atoms with E-state index in [0.29, 0.717) is 23.7 Å². The van der Waals surface area contributed by atoms with Gasteiger partial charge in [-0.1, -0.05) is 66.6 Å². The Bertz CT molecular complexity index is 857. The molecule has 2 amide bonds. The first-order valence-corrected chi connectivity index (χ1v) is 11.8. The average molecular weight is 447 g/mol. The zero-order valence-corrected chi connectivity index (χ0v) is 19.7. The van der Waals surface area contributed by atoms with Crippen LogP contribution in [0.15, 0.2) is 48.5 Å². The summed E-state index contributed by atoms with van der Waals surface area (Å²) in [5, 5.41) is 3.54. The molecular weight excluding hydrogens is 416 g/mol. The summed E-state index contributed by atoms with van der Waals surface area (Å²) >= 11 is 7.90. The predicted octanol–water partition coefficient (Wildman–Crippen LogP) is 5.21. The maximum Gasteiger partial charge on any atom is 0.243 e. The Morgan fingerprint density at radius 2 is 1.87 bits per heavy atom. The van der Waals surface area contributed by atoms with E-state index in [2.05, 4.69) is 30.4 Å². The van der Waals surface area contributed by atoms with Crippen LogP contribution in [0, 0.1) is 6.92 Å². The van der Waals surface area contributed by atoms with E-state index >= 15 is 0 Å². The molecule has 2 rings (SSSR count). The van der Waals surface area contributed by atoms with Gasteiger partial charge in [0.05, 0.1) is 5.75 Å². The lowest BCUT2D eigenvalue weighted by Crippen LogP contribution is -2.51. The van der Waals surface area contributed by atoms with Crippen LogP contribution < -0.4 is 5.32 Å². The number of halogens is 1. The van der Waals surface area contributed by atoms with Crippen molar-refractivity contribution in [3.63, 3.8) is 0 Å². The van der Waals surface area contributed by atoms with Gasteiger partial charge in [-0.25, -0.2) is 0 Å². The third kappa shape index (κ3) is 7.37. The molecule has 2 aromatic rings. The Morgan fingerprint density at radius 3 is 2.50 bits per heavy atom. The van der Waals surface area contributed by atoms with Crippen molar-refractivity contribution in [3.8, 4) is 0 Å². The molecule has 0 radical (unpaired) electrons. The summed E-state index contributed by atoms with van der Waals surface area (Å²) in [5.41, 5.74) is 3.23. The summed E-state index contributed by atoms with van der Waals surface area (Å²) in [6.45, 7) is 8.14. The van der Waals surface area contributed by atoms with Gasteiger partial charge in [-0.15, -0.1) is 11.8 Å². The van der Waals surface area contributed by atoms with E-state index in [1.54, 1.807) is 22.7 Å². The van der Waals surface area contributed by atoms with Crippen molar-refractivity contribution in [1.29, 1.82) is 0 Å². The number of amides is 2. The van der Waals surface area contributed by atoms with Crippen molar-refractivity contribution in [2.45, 2.75) is 58.5 Å². The number of thioether (sulfide) groups is 1. The predicted molar refractivity (Wildman–Crippen MR) is 127 cm³/mol. The number of rotatable bonds is 10. The van der Waals surface area contributed by atoms with Crippen molar-refractivity contribution in [1.82, 2.24) is 10.2 Å². The van der Waals surface area contributed by atoms with Crippen molar-refractivity contribution in [2.75, 3.05) is 5.75 Å². The van der Waals surface area contributed by atoms with Crippen molar-refractivity contribution < 1.29 is 9.59 Å². The van der Waals surface area contributed by atoms with E-state index in [9.17, 15) is 9.59 Å². The topological polar surface area (TPSA) is 49.4 Å². The summed E-state index contributed by atoms with van der Waals surface area (Å²) in [5.74, 6) is 0.876. The average Bonchev–Trinajstić information content (AvgIpc) is 2.68. The highest BCUT2D eigenvalue weighted by Gasteiger charge is 2.29. The molecule has 2 aromatic carbocycles. The SMILES string of the molecule is CC[C@H](C(=O)NC(C)C)N(Cc1ccccc1Cl)C(=O)CSCc1cccc(C)c1. The third-order valence-electron chi connectivity index (χ3n) is 4.69. The Hall–Kier alpha value is -1.98. The standard InChI is InChI=1S/C24H31ClN2O2S/c1-5-22(24(29)26-17(2)3)27(14-20-11-6-7-12-21(20)25)23(28)16-30-15-19-10-8-9-18(4)13-19/h6-13,17,22H,5,14-16H2,1-4H3,(H,26,29)/t22-/m1/s1. The molecular formula is C24H31ClN2O2S. The second-order valence-electron chi connectivity index (χ2n) is 7.68. The molecule has 0 aliphatic rings. The summed E-state index contributed by atoms with van der Waals surface area (Å²) in [4.78, 5) is 27.7. The minimum absolute atomic E-state index is 0.0134. The molecule has 6 heteroatoms. The van der Waals surface area contributed by atoms with Gasteiger partial charge in [-0.3, -0.25) is 9.59 Å². The third-order valence-corrected chi connectivity index (χ3v) is 6.05. The van der Waals surface area contributed by atoms with Gasteiger partial charge in [0.25, 0.3) is 0 Å². The highest BCUT2D eigenvalue weighted by molar-refractivity contribution is 7.99. The van der Waals surface area contributed by atoms with Crippen LogP contribution in [0.4, 0.5) is 0 Å². The Balaban J connectivity index is 2.15. The van der Waals surface area contributed by atoms with Crippen LogP contribution in [-0.4, -0.2) is 34.6 Å². The Labute approximate surface area is 189 Å². The van der Waals surface area contributed by atoms with E-state index in [-0.39, 0.29) is 17.9 Å². The first-order chi connectivity index (χ1) is 14.3. The molecule has 0 aliphatic heterocycles. The summed E-state index contributed by atoms with van der Waals surface area (Å²) in [6, 6.07) is 15.2. The minimum Gasteiger partial charge on any atom is -0.352 e. The molecule has 0 saturated heterocycles. The van der Waals surface area contributed by atoms with E-state index in [0.717, 1.165) is 11.3 Å². The molecule has 0 heterocycles. The van der Waals surface area contributed by atoms with Gasteiger partial charge in [0.2, 0.25) is 11.8 Å². The fourth-order valence-electron chi connectivity index (χ4n) is 3.25. The smallest absolute Gasteiger partial charge is 0.243 e. The molecule has 0 unspecified atom stereocenters. The second-order valence-corrected chi connectivity index (χ2v) is 9.08. The monoisotopic (exact) mass is 446 g/mol. The maximum absolute atomic E-state index is 13.2. The highest BCUT2D eigenvalue weighted by Crippen LogP contribution is 2.21. The van der Waals surface area contributed by atoms with Crippen molar-refractivity contribution in [2.24, 2.45) is 0 Å². The van der Waals surface area contributed by atoms with Gasteiger partial charge in [-0.05, 0) is 44.4 Å². The van der Waals surface area contributed by atoms with Crippen LogP contribution in [-0.2, 0) is 21.9 Å². The molecule has 0 saturated carbocycles. The number of hydrogen-bond donors (Lipinski definition) is 1. The quantitative estimate of drug-likeness (QED) is 0.544. The molecule has 0 aliphatic carbocycles. The molecule has 0 bridgehead atoms. The van der Waals surface area contributed by atoms with Gasteiger partial charge in [-0.2, -0.15) is 0 Å². The van der Waals surface area contributed by atoms with Gasteiger partial charge < -0.3 is 10.2 Å². The first kappa shape index (κ1) is 24.3. The molecule has 1 atom stereocenters. The molecule has 0 aromatic heterocycles. The van der Waals surface area contributed by atoms with Crippen LogP contribution in [0.1, 0.15) is 43.9 Å². The molecule has 162 valence electrons. The number of hydrogen-bond acceptors (Lipinski definition) is 3. The van der Waals surface area contributed by atoms with Gasteiger partial charge in [0.1, 0.15) is 6.04 Å². The number of nitrogens with one attached hydrogen (secondary N) is 1. The molecule has 0 spiro atoms. The summed E-state index contributed by atoms with van der Waals surface area (Å²) in [7, 11) is 0. The molecule has 30 heavy (non-hydrogen) atoms. The van der Waals surface area contributed by atoms with Gasteiger partial charge in [0, 0.05) is 23.4 Å². The zero-order chi connectivity index (χ0) is 22.1. The fraction of sp³-hybridized carbons (Fsp3) is 0.417. The van der Waals surface area contributed by atoms with Crippen LogP contribution in [0.3, 0.4) is 0 Å². The largest absolute Gasteiger partial charge is 0.352 e. The number of benzene rings is 2. The maximum atomic E-state index is 13.2. The highest BCUT2D eigenvalue weighted by atomic mass is 35.5. The van der Waals surface area contributed by atoms with E-state index in [4.69, 9.17) is 11.6 Å². The number of carbonyl (C=O) groups is 2. The van der Waals surface area contributed by atoms with Gasteiger partial charge >= 0.3 is 0 Å².